The van der Waals surface area contributed by atoms with Crippen LogP contribution in [0.15, 0.2) is 24.3 Å². The van der Waals surface area contributed by atoms with E-state index in [1.165, 1.54) is 17.5 Å². The molecule has 0 fully saturated rings. The van der Waals surface area contributed by atoms with Crippen LogP contribution in [0.2, 0.25) is 0 Å². The summed E-state index contributed by atoms with van der Waals surface area (Å²) in [6, 6.07) is 8.93. The molecule has 78 valence electrons. The van der Waals surface area contributed by atoms with Crippen LogP contribution in [0.1, 0.15) is 56.7 Å². The highest BCUT2D eigenvalue weighted by Gasteiger charge is 2.05. The van der Waals surface area contributed by atoms with Crippen LogP contribution in [0.4, 0.5) is 0 Å². The summed E-state index contributed by atoms with van der Waals surface area (Å²) in [5.74, 6) is 0.655. The molecule has 0 saturated carbocycles. The van der Waals surface area contributed by atoms with Crippen LogP contribution in [-0.4, -0.2) is 0 Å². The zero-order valence-electron chi connectivity index (χ0n) is 9.46. The Kier molecular flexibility index (Phi) is 4.15. The van der Waals surface area contributed by atoms with Gasteiger partial charge in [-0.25, -0.2) is 0 Å². The van der Waals surface area contributed by atoms with Gasteiger partial charge in [-0.2, -0.15) is 0 Å². The minimum absolute atomic E-state index is 0.195. The lowest BCUT2D eigenvalue weighted by molar-refractivity contribution is 0.694. The minimum Gasteiger partial charge on any atom is -0.324 e. The number of rotatable bonds is 4. The summed E-state index contributed by atoms with van der Waals surface area (Å²) in [5.41, 5.74) is 8.62. The Balaban J connectivity index is 2.78. The monoisotopic (exact) mass is 191 g/mol. The molecule has 1 unspecified atom stereocenters. The highest BCUT2D eigenvalue weighted by atomic mass is 14.6. The molecule has 14 heavy (non-hydrogen) atoms. The first-order chi connectivity index (χ1) is 6.69. The smallest absolute Gasteiger partial charge is 0.0292 e. The fourth-order valence-electron chi connectivity index (χ4n) is 1.54. The molecule has 1 heteroatoms. The Hall–Kier alpha value is -0.820. The highest BCUT2D eigenvalue weighted by Crippen LogP contribution is 2.21. The van der Waals surface area contributed by atoms with Gasteiger partial charge in [0.2, 0.25) is 0 Å². The molecule has 0 aromatic heterocycles. The van der Waals surface area contributed by atoms with Crippen molar-refractivity contribution in [2.75, 3.05) is 0 Å². The van der Waals surface area contributed by atoms with E-state index in [-0.39, 0.29) is 6.04 Å². The van der Waals surface area contributed by atoms with E-state index >= 15 is 0 Å². The quantitative estimate of drug-likeness (QED) is 0.773. The van der Waals surface area contributed by atoms with Crippen molar-refractivity contribution < 1.29 is 0 Å². The molecule has 2 atom stereocenters. The van der Waals surface area contributed by atoms with Gasteiger partial charge in [-0.05, 0) is 29.9 Å². The topological polar surface area (TPSA) is 26.0 Å². The van der Waals surface area contributed by atoms with E-state index in [0.29, 0.717) is 5.92 Å². The van der Waals surface area contributed by atoms with E-state index in [2.05, 4.69) is 45.0 Å². The third kappa shape index (κ3) is 2.58. The number of nitrogens with two attached hydrogens (primary N) is 1. The molecule has 1 rings (SSSR count). The number of hydrogen-bond donors (Lipinski definition) is 1. The van der Waals surface area contributed by atoms with E-state index in [9.17, 15) is 0 Å². The lowest BCUT2D eigenvalue weighted by Gasteiger charge is -2.12. The molecule has 0 bridgehead atoms. The molecule has 1 aromatic carbocycles. The van der Waals surface area contributed by atoms with Crippen LogP contribution < -0.4 is 5.73 Å². The average molecular weight is 191 g/mol. The lowest BCUT2D eigenvalue weighted by Crippen LogP contribution is -2.08. The molecule has 0 heterocycles. The first-order valence-electron chi connectivity index (χ1n) is 5.54. The van der Waals surface area contributed by atoms with Crippen molar-refractivity contribution in [1.82, 2.24) is 0 Å². The second kappa shape index (κ2) is 5.16. The van der Waals surface area contributed by atoms with E-state index in [4.69, 9.17) is 5.73 Å². The molecule has 0 aliphatic heterocycles. The normalized spacial score (nSPS) is 15.1. The Labute approximate surface area is 87.3 Å². The van der Waals surface area contributed by atoms with Gasteiger partial charge in [0.15, 0.2) is 0 Å². The highest BCUT2D eigenvalue weighted by molar-refractivity contribution is 5.26. The van der Waals surface area contributed by atoms with Gasteiger partial charge in [0.25, 0.3) is 0 Å². The van der Waals surface area contributed by atoms with Gasteiger partial charge in [0.1, 0.15) is 0 Å². The SMILES string of the molecule is CCC(C)c1ccc([C@@H](N)CC)cc1. The molecule has 0 amide bonds. The van der Waals surface area contributed by atoms with Crippen molar-refractivity contribution in [3.8, 4) is 0 Å². The van der Waals surface area contributed by atoms with Gasteiger partial charge < -0.3 is 5.73 Å². The first-order valence-corrected chi connectivity index (χ1v) is 5.54. The van der Waals surface area contributed by atoms with Gasteiger partial charge in [-0.3, -0.25) is 0 Å². The zero-order chi connectivity index (χ0) is 10.6. The van der Waals surface area contributed by atoms with Crippen molar-refractivity contribution in [3.05, 3.63) is 35.4 Å². The molecule has 0 aliphatic rings. The molecule has 1 nitrogen and oxygen atoms in total. The van der Waals surface area contributed by atoms with Crippen LogP contribution in [0.3, 0.4) is 0 Å². The molecule has 0 spiro atoms. The van der Waals surface area contributed by atoms with Crippen molar-refractivity contribution in [2.45, 2.75) is 45.6 Å². The Morgan fingerprint density at radius 2 is 1.50 bits per heavy atom. The van der Waals surface area contributed by atoms with Gasteiger partial charge in [0, 0.05) is 6.04 Å². The van der Waals surface area contributed by atoms with Crippen LogP contribution in [0, 0.1) is 0 Å². The lowest BCUT2D eigenvalue weighted by atomic mass is 9.96. The van der Waals surface area contributed by atoms with E-state index < -0.39 is 0 Å². The predicted molar refractivity (Wildman–Crippen MR) is 62.4 cm³/mol. The van der Waals surface area contributed by atoms with E-state index in [1.54, 1.807) is 0 Å². The summed E-state index contributed by atoms with van der Waals surface area (Å²) in [4.78, 5) is 0. The summed E-state index contributed by atoms with van der Waals surface area (Å²) in [7, 11) is 0. The molecule has 1 aromatic rings. The molecule has 0 saturated heterocycles. The summed E-state index contributed by atoms with van der Waals surface area (Å²) < 4.78 is 0. The number of benzene rings is 1. The second-order valence-electron chi connectivity index (χ2n) is 3.99. The van der Waals surface area contributed by atoms with Crippen LogP contribution in [0.25, 0.3) is 0 Å². The zero-order valence-corrected chi connectivity index (χ0v) is 9.46. The maximum absolute atomic E-state index is 5.95. The molecular weight excluding hydrogens is 170 g/mol. The molecule has 0 aliphatic carbocycles. The third-order valence-electron chi connectivity index (χ3n) is 2.99. The van der Waals surface area contributed by atoms with Crippen molar-refractivity contribution in [3.63, 3.8) is 0 Å². The van der Waals surface area contributed by atoms with E-state index in [0.717, 1.165) is 6.42 Å². The van der Waals surface area contributed by atoms with Crippen LogP contribution >= 0.6 is 0 Å². The van der Waals surface area contributed by atoms with Crippen molar-refractivity contribution in [1.29, 1.82) is 0 Å². The Morgan fingerprint density at radius 1 is 1.00 bits per heavy atom. The standard InChI is InChI=1S/C13H21N/c1-4-10(3)11-6-8-12(9-7-11)13(14)5-2/h6-10,13H,4-5,14H2,1-3H3/t10?,13-/m0/s1. The summed E-state index contributed by atoms with van der Waals surface area (Å²) in [5, 5.41) is 0. The third-order valence-corrected chi connectivity index (χ3v) is 2.99. The van der Waals surface area contributed by atoms with Gasteiger partial charge in [-0.1, -0.05) is 45.0 Å². The fraction of sp³-hybridized carbons (Fsp3) is 0.538. The predicted octanol–water partition coefficient (Wildman–Crippen LogP) is 3.61. The molecular formula is C13H21N. The first kappa shape index (κ1) is 11.3. The van der Waals surface area contributed by atoms with Gasteiger partial charge in [0.05, 0.1) is 0 Å². The largest absolute Gasteiger partial charge is 0.324 e. The fourth-order valence-corrected chi connectivity index (χ4v) is 1.54. The maximum atomic E-state index is 5.95. The van der Waals surface area contributed by atoms with Gasteiger partial charge >= 0.3 is 0 Å². The van der Waals surface area contributed by atoms with Crippen molar-refractivity contribution in [2.24, 2.45) is 5.73 Å². The Morgan fingerprint density at radius 3 is 1.93 bits per heavy atom. The minimum atomic E-state index is 0.195. The maximum Gasteiger partial charge on any atom is 0.0292 e. The van der Waals surface area contributed by atoms with E-state index in [1.807, 2.05) is 0 Å². The van der Waals surface area contributed by atoms with Gasteiger partial charge in [-0.15, -0.1) is 0 Å². The Bertz CT molecular complexity index is 234. The van der Waals surface area contributed by atoms with Crippen LogP contribution in [0.5, 0.6) is 0 Å². The average Bonchev–Trinajstić information content (AvgIpc) is 2.27. The molecule has 0 radical (unpaired) electrons. The summed E-state index contributed by atoms with van der Waals surface area (Å²) >= 11 is 0. The second-order valence-corrected chi connectivity index (χ2v) is 3.99. The van der Waals surface area contributed by atoms with Crippen molar-refractivity contribution >= 4 is 0 Å². The summed E-state index contributed by atoms with van der Waals surface area (Å²) in [6.45, 7) is 6.60. The number of hydrogen-bond acceptors (Lipinski definition) is 1. The van der Waals surface area contributed by atoms with Crippen LogP contribution in [-0.2, 0) is 0 Å². The summed E-state index contributed by atoms with van der Waals surface area (Å²) in [6.07, 6.45) is 2.20. The molecule has 2 N–H and O–H groups in total.